The van der Waals surface area contributed by atoms with Gasteiger partial charge in [-0.3, -0.25) is 4.79 Å². The Bertz CT molecular complexity index is 615. The Hall–Kier alpha value is -2.44. The van der Waals surface area contributed by atoms with E-state index in [1.54, 1.807) is 27.7 Å². The maximum atomic E-state index is 12.6. The van der Waals surface area contributed by atoms with Crippen molar-refractivity contribution in [2.75, 3.05) is 13.7 Å². The van der Waals surface area contributed by atoms with Gasteiger partial charge in [0.1, 0.15) is 0 Å². The molecule has 0 spiro atoms. The highest BCUT2D eigenvalue weighted by atomic mass is 16.5. The van der Waals surface area contributed by atoms with Crippen molar-refractivity contribution in [2.24, 2.45) is 10.6 Å². The summed E-state index contributed by atoms with van der Waals surface area (Å²) < 4.78 is 9.81. The molecule has 7 nitrogen and oxygen atoms in total. The highest BCUT2D eigenvalue weighted by Crippen LogP contribution is 2.43. The van der Waals surface area contributed by atoms with Gasteiger partial charge >= 0.3 is 5.97 Å². The summed E-state index contributed by atoms with van der Waals surface area (Å²) in [5.41, 5.74) is -1.84. The van der Waals surface area contributed by atoms with Gasteiger partial charge in [-0.15, -0.1) is 4.91 Å². The monoisotopic (exact) mass is 309 g/mol. The van der Waals surface area contributed by atoms with Crippen LogP contribution in [-0.4, -0.2) is 30.6 Å². The molecule has 0 fully saturated rings. The fraction of sp³-hybridized carbons (Fsp3) is 0.467. The molecule has 1 rings (SSSR count). The molecule has 0 unspecified atom stereocenters. The van der Waals surface area contributed by atoms with E-state index in [4.69, 9.17) is 9.47 Å². The number of phenolic OH excluding ortho intramolecular Hbond substituents is 1. The Kier molecular flexibility index (Phi) is 5.24. The van der Waals surface area contributed by atoms with Gasteiger partial charge in [0.05, 0.1) is 24.8 Å². The minimum absolute atomic E-state index is 0.0923. The molecule has 0 bridgehead atoms. The van der Waals surface area contributed by atoms with Gasteiger partial charge in [-0.05, 0) is 18.2 Å². The summed E-state index contributed by atoms with van der Waals surface area (Å²) >= 11 is 0. The molecule has 1 aromatic carbocycles. The van der Waals surface area contributed by atoms with Crippen LogP contribution in [0.5, 0.6) is 11.5 Å². The van der Waals surface area contributed by atoms with E-state index in [2.05, 4.69) is 5.18 Å². The SMILES string of the molecule is CCOC(=O)c1cc(OC)c(O)c(N=O)c1C(=O)C(C)(C)C. The lowest BCUT2D eigenvalue weighted by Gasteiger charge is -2.20. The number of ketones is 1. The summed E-state index contributed by atoms with van der Waals surface area (Å²) in [5, 5.41) is 12.7. The number of ether oxygens (including phenoxy) is 2. The first kappa shape index (κ1) is 17.6. The molecule has 7 heteroatoms. The number of carbonyl (C=O) groups excluding carboxylic acids is 2. The van der Waals surface area contributed by atoms with Crippen molar-refractivity contribution in [3.05, 3.63) is 22.1 Å². The molecule has 120 valence electrons. The van der Waals surface area contributed by atoms with Gasteiger partial charge in [0.15, 0.2) is 23.0 Å². The van der Waals surface area contributed by atoms with Crippen LogP contribution in [0, 0.1) is 10.3 Å². The van der Waals surface area contributed by atoms with Crippen LogP contribution in [0.4, 0.5) is 5.69 Å². The number of carbonyl (C=O) groups is 2. The molecule has 0 radical (unpaired) electrons. The first-order valence-electron chi connectivity index (χ1n) is 6.68. The number of benzene rings is 1. The lowest BCUT2D eigenvalue weighted by atomic mass is 9.83. The molecule has 0 saturated carbocycles. The number of phenols is 1. The Morgan fingerprint density at radius 3 is 2.32 bits per heavy atom. The molecule has 0 saturated heterocycles. The van der Waals surface area contributed by atoms with Crippen LogP contribution in [0.1, 0.15) is 48.4 Å². The van der Waals surface area contributed by atoms with E-state index in [0.29, 0.717) is 0 Å². The highest BCUT2D eigenvalue weighted by Gasteiger charge is 2.34. The number of methoxy groups -OCH3 is 1. The van der Waals surface area contributed by atoms with Gasteiger partial charge in [0, 0.05) is 5.41 Å². The van der Waals surface area contributed by atoms with E-state index in [1.807, 2.05) is 0 Å². The maximum absolute atomic E-state index is 12.6. The quantitative estimate of drug-likeness (QED) is 0.509. The molecule has 0 amide bonds. The molecule has 0 aromatic heterocycles. The van der Waals surface area contributed by atoms with E-state index in [-0.39, 0.29) is 23.5 Å². The summed E-state index contributed by atoms with van der Waals surface area (Å²) in [6, 6.07) is 1.17. The van der Waals surface area contributed by atoms with E-state index in [9.17, 15) is 19.6 Å². The zero-order chi connectivity index (χ0) is 17.1. The van der Waals surface area contributed by atoms with Crippen molar-refractivity contribution in [1.29, 1.82) is 0 Å². The van der Waals surface area contributed by atoms with Gasteiger partial charge in [-0.2, -0.15) is 0 Å². The topological polar surface area (TPSA) is 102 Å². The fourth-order valence-corrected chi connectivity index (χ4v) is 1.85. The van der Waals surface area contributed by atoms with Gasteiger partial charge in [-0.1, -0.05) is 20.8 Å². The van der Waals surface area contributed by atoms with E-state index in [1.165, 1.54) is 13.2 Å². The number of hydrogen-bond acceptors (Lipinski definition) is 7. The zero-order valence-electron chi connectivity index (χ0n) is 13.2. The predicted molar refractivity (Wildman–Crippen MR) is 79.9 cm³/mol. The third-order valence-corrected chi connectivity index (χ3v) is 2.95. The summed E-state index contributed by atoms with van der Waals surface area (Å²) in [6.07, 6.45) is 0. The first-order chi connectivity index (χ1) is 10.2. The average molecular weight is 309 g/mol. The number of Topliss-reactive ketones (excluding diaryl/α,β-unsaturated/α-hetero) is 1. The number of nitrogens with zero attached hydrogens (tertiary/aromatic N) is 1. The van der Waals surface area contributed by atoms with Crippen LogP contribution in [-0.2, 0) is 4.74 Å². The third kappa shape index (κ3) is 3.24. The van der Waals surface area contributed by atoms with Crippen molar-refractivity contribution in [1.82, 2.24) is 0 Å². The minimum Gasteiger partial charge on any atom is -0.503 e. The lowest BCUT2D eigenvalue weighted by molar-refractivity contribution is 0.0521. The van der Waals surface area contributed by atoms with E-state index >= 15 is 0 Å². The number of aromatic hydroxyl groups is 1. The molecule has 0 heterocycles. The van der Waals surface area contributed by atoms with Crippen LogP contribution >= 0.6 is 0 Å². The normalized spacial score (nSPS) is 11.0. The van der Waals surface area contributed by atoms with Crippen LogP contribution in [0.25, 0.3) is 0 Å². The van der Waals surface area contributed by atoms with Crippen molar-refractivity contribution in [2.45, 2.75) is 27.7 Å². The van der Waals surface area contributed by atoms with E-state index < -0.39 is 28.6 Å². The lowest BCUT2D eigenvalue weighted by Crippen LogP contribution is -2.23. The third-order valence-electron chi connectivity index (χ3n) is 2.95. The molecule has 22 heavy (non-hydrogen) atoms. The number of hydrogen-bond donors (Lipinski definition) is 1. The molecule has 1 aromatic rings. The molecular formula is C15H19NO6. The molecule has 0 aliphatic heterocycles. The first-order valence-corrected chi connectivity index (χ1v) is 6.68. The zero-order valence-corrected chi connectivity index (χ0v) is 13.2. The second kappa shape index (κ2) is 6.55. The summed E-state index contributed by atoms with van der Waals surface area (Å²) in [6.45, 7) is 6.58. The van der Waals surface area contributed by atoms with Crippen LogP contribution in [0.15, 0.2) is 11.2 Å². The number of nitroso groups, excluding NO2 is 1. The summed E-state index contributed by atoms with van der Waals surface area (Å²) in [7, 11) is 1.25. The number of rotatable bonds is 5. The fourth-order valence-electron chi connectivity index (χ4n) is 1.85. The summed E-state index contributed by atoms with van der Waals surface area (Å²) in [5.74, 6) is -2.03. The Morgan fingerprint density at radius 2 is 1.91 bits per heavy atom. The van der Waals surface area contributed by atoms with Crippen molar-refractivity contribution >= 4 is 17.4 Å². The second-order valence-corrected chi connectivity index (χ2v) is 5.59. The second-order valence-electron chi connectivity index (χ2n) is 5.59. The maximum Gasteiger partial charge on any atom is 0.339 e. The van der Waals surface area contributed by atoms with Crippen molar-refractivity contribution < 1.29 is 24.2 Å². The van der Waals surface area contributed by atoms with E-state index in [0.717, 1.165) is 0 Å². The van der Waals surface area contributed by atoms with Gasteiger partial charge in [-0.25, -0.2) is 4.79 Å². The van der Waals surface area contributed by atoms with Crippen LogP contribution in [0.2, 0.25) is 0 Å². The molecule has 1 N–H and O–H groups in total. The Morgan fingerprint density at radius 1 is 1.32 bits per heavy atom. The molecule has 0 aliphatic rings. The minimum atomic E-state index is -0.887. The molecular weight excluding hydrogens is 290 g/mol. The van der Waals surface area contributed by atoms with Crippen molar-refractivity contribution in [3.63, 3.8) is 0 Å². The highest BCUT2D eigenvalue weighted by molar-refractivity contribution is 6.13. The van der Waals surface area contributed by atoms with Crippen molar-refractivity contribution in [3.8, 4) is 11.5 Å². The summed E-state index contributed by atoms with van der Waals surface area (Å²) in [4.78, 5) is 35.8. The Balaban J connectivity index is 3.76. The largest absolute Gasteiger partial charge is 0.503 e. The molecule has 0 aliphatic carbocycles. The van der Waals surface area contributed by atoms with Gasteiger partial charge < -0.3 is 14.6 Å². The van der Waals surface area contributed by atoms with Crippen LogP contribution in [0.3, 0.4) is 0 Å². The van der Waals surface area contributed by atoms with Gasteiger partial charge in [0.2, 0.25) is 0 Å². The molecule has 0 atom stereocenters. The van der Waals surface area contributed by atoms with Gasteiger partial charge in [0.25, 0.3) is 0 Å². The van der Waals surface area contributed by atoms with Crippen LogP contribution < -0.4 is 4.74 Å². The standard InChI is InChI=1S/C15H19NO6/c1-6-22-14(19)8-7-9(21-5)12(17)11(16-20)10(8)13(18)15(2,3)4/h7,17H,6H2,1-5H3. The smallest absolute Gasteiger partial charge is 0.339 e. The predicted octanol–water partition coefficient (Wildman–Crippen LogP) is 3.20. The Labute approximate surface area is 128 Å². The number of esters is 1. The average Bonchev–Trinajstić information content (AvgIpc) is 2.45.